The monoisotopic (exact) mass is 375 g/mol. The van der Waals surface area contributed by atoms with Gasteiger partial charge in [-0.05, 0) is 31.8 Å². The third-order valence-corrected chi connectivity index (χ3v) is 5.27. The summed E-state index contributed by atoms with van der Waals surface area (Å²) < 4.78 is 6.41. The molecule has 0 saturated heterocycles. The molecule has 1 heterocycles. The number of ketones is 1. The molecule has 3 aromatic carbocycles. The van der Waals surface area contributed by atoms with Crippen LogP contribution in [-0.4, -0.2) is 35.0 Å². The standard InChI is InChI=1S/C23H21NO4/c1-24(2)23(16-11-7-4-8-12-16)19(15-9-5-3-6-10-15)20(26)17-13-14-18(25)21(27)22(17)28-23/h3-14,19,25,27H,1-2H3. The van der Waals surface area contributed by atoms with Crippen LogP contribution in [0.3, 0.4) is 0 Å². The van der Waals surface area contributed by atoms with E-state index in [2.05, 4.69) is 0 Å². The molecule has 1 aliphatic heterocycles. The highest BCUT2D eigenvalue weighted by molar-refractivity contribution is 6.06. The number of phenols is 2. The molecule has 0 spiro atoms. The first-order valence-corrected chi connectivity index (χ1v) is 9.03. The van der Waals surface area contributed by atoms with E-state index in [1.165, 1.54) is 12.1 Å². The normalized spacial score (nSPS) is 21.2. The molecule has 0 amide bonds. The molecule has 5 nitrogen and oxygen atoms in total. The van der Waals surface area contributed by atoms with E-state index >= 15 is 0 Å². The Bertz CT molecular complexity index is 1020. The van der Waals surface area contributed by atoms with Crippen molar-refractivity contribution in [1.29, 1.82) is 0 Å². The molecule has 0 saturated carbocycles. The van der Waals surface area contributed by atoms with Crippen LogP contribution < -0.4 is 4.74 Å². The van der Waals surface area contributed by atoms with Gasteiger partial charge in [-0.1, -0.05) is 60.7 Å². The van der Waals surface area contributed by atoms with Gasteiger partial charge in [0.2, 0.25) is 11.5 Å². The molecule has 2 atom stereocenters. The summed E-state index contributed by atoms with van der Waals surface area (Å²) in [6.07, 6.45) is 0. The Morgan fingerprint density at radius 1 is 0.893 bits per heavy atom. The molecule has 142 valence electrons. The summed E-state index contributed by atoms with van der Waals surface area (Å²) in [5.41, 5.74) is 0.634. The van der Waals surface area contributed by atoms with E-state index in [0.717, 1.165) is 11.1 Å². The lowest BCUT2D eigenvalue weighted by molar-refractivity contribution is -0.0864. The van der Waals surface area contributed by atoms with E-state index in [4.69, 9.17) is 4.74 Å². The van der Waals surface area contributed by atoms with Gasteiger partial charge in [0, 0.05) is 5.56 Å². The first-order chi connectivity index (χ1) is 13.5. The number of Topliss-reactive ketones (excluding diaryl/α,β-unsaturated/α-hetero) is 1. The van der Waals surface area contributed by atoms with Gasteiger partial charge in [0.1, 0.15) is 5.92 Å². The molecule has 28 heavy (non-hydrogen) atoms. The van der Waals surface area contributed by atoms with E-state index in [-0.39, 0.29) is 22.8 Å². The summed E-state index contributed by atoms with van der Waals surface area (Å²) in [5, 5.41) is 20.4. The van der Waals surface area contributed by atoms with Gasteiger partial charge in [-0.3, -0.25) is 9.69 Å². The molecule has 1 aliphatic rings. The maximum absolute atomic E-state index is 13.7. The van der Waals surface area contributed by atoms with Crippen LogP contribution in [0.4, 0.5) is 0 Å². The molecule has 4 rings (SSSR count). The number of carbonyl (C=O) groups excluding carboxylic acids is 1. The van der Waals surface area contributed by atoms with Crippen LogP contribution in [0.25, 0.3) is 0 Å². The number of rotatable bonds is 3. The SMILES string of the molecule is CN(C)C1(c2ccccc2)Oc2c(ccc(O)c2O)C(=O)C1c1ccccc1. The highest BCUT2D eigenvalue weighted by Gasteiger charge is 2.54. The van der Waals surface area contributed by atoms with Gasteiger partial charge in [-0.25, -0.2) is 0 Å². The van der Waals surface area contributed by atoms with Gasteiger partial charge in [-0.2, -0.15) is 0 Å². The van der Waals surface area contributed by atoms with Crippen molar-refractivity contribution in [3.05, 3.63) is 89.5 Å². The van der Waals surface area contributed by atoms with Gasteiger partial charge in [0.15, 0.2) is 17.3 Å². The smallest absolute Gasteiger partial charge is 0.203 e. The summed E-state index contributed by atoms with van der Waals surface area (Å²) in [7, 11) is 3.67. The Balaban J connectivity index is 2.05. The number of phenolic OH excluding ortho intramolecular Hbond substituents is 2. The first kappa shape index (κ1) is 18.1. The molecule has 3 aromatic rings. The highest BCUT2D eigenvalue weighted by Crippen LogP contribution is 2.53. The van der Waals surface area contributed by atoms with Crippen molar-refractivity contribution < 1.29 is 19.7 Å². The van der Waals surface area contributed by atoms with E-state index in [0.29, 0.717) is 0 Å². The molecule has 0 fully saturated rings. The van der Waals surface area contributed by atoms with Crippen molar-refractivity contribution >= 4 is 5.78 Å². The van der Waals surface area contributed by atoms with Crippen molar-refractivity contribution in [2.45, 2.75) is 11.6 Å². The third kappa shape index (κ3) is 2.55. The average molecular weight is 375 g/mol. The predicted molar refractivity (Wildman–Crippen MR) is 106 cm³/mol. The molecule has 0 radical (unpaired) electrons. The molecule has 0 aromatic heterocycles. The van der Waals surface area contributed by atoms with Crippen molar-refractivity contribution in [2.75, 3.05) is 14.1 Å². The number of hydrogen-bond acceptors (Lipinski definition) is 5. The zero-order valence-corrected chi connectivity index (χ0v) is 15.7. The second-order valence-electron chi connectivity index (χ2n) is 7.08. The predicted octanol–water partition coefficient (Wildman–Crippen LogP) is 3.87. The Morgan fingerprint density at radius 2 is 1.50 bits per heavy atom. The van der Waals surface area contributed by atoms with Crippen molar-refractivity contribution in [3.8, 4) is 17.2 Å². The third-order valence-electron chi connectivity index (χ3n) is 5.27. The average Bonchev–Trinajstić information content (AvgIpc) is 2.71. The van der Waals surface area contributed by atoms with Gasteiger partial charge >= 0.3 is 0 Å². The quantitative estimate of drug-likeness (QED) is 0.680. The van der Waals surface area contributed by atoms with Crippen LogP contribution >= 0.6 is 0 Å². The summed E-state index contributed by atoms with van der Waals surface area (Å²) in [4.78, 5) is 15.5. The summed E-state index contributed by atoms with van der Waals surface area (Å²) in [6.45, 7) is 0. The van der Waals surface area contributed by atoms with Crippen molar-refractivity contribution in [2.24, 2.45) is 0 Å². The first-order valence-electron chi connectivity index (χ1n) is 9.03. The van der Waals surface area contributed by atoms with Crippen LogP contribution in [-0.2, 0) is 5.72 Å². The number of carbonyl (C=O) groups is 1. The van der Waals surface area contributed by atoms with Gasteiger partial charge in [-0.15, -0.1) is 0 Å². The van der Waals surface area contributed by atoms with Crippen LogP contribution in [0, 0.1) is 0 Å². The molecule has 2 N–H and O–H groups in total. The number of hydrogen-bond donors (Lipinski definition) is 2. The Hall–Kier alpha value is -3.31. The topological polar surface area (TPSA) is 70.0 Å². The highest BCUT2D eigenvalue weighted by atomic mass is 16.5. The van der Waals surface area contributed by atoms with Crippen LogP contribution in [0.2, 0.25) is 0 Å². The number of fused-ring (bicyclic) bond motifs is 1. The number of benzene rings is 3. The van der Waals surface area contributed by atoms with Gasteiger partial charge in [0.05, 0.1) is 5.56 Å². The van der Waals surface area contributed by atoms with Crippen molar-refractivity contribution in [3.63, 3.8) is 0 Å². The lowest BCUT2D eigenvalue weighted by Crippen LogP contribution is -2.55. The van der Waals surface area contributed by atoms with E-state index < -0.39 is 17.4 Å². The fourth-order valence-electron chi connectivity index (χ4n) is 3.94. The summed E-state index contributed by atoms with van der Waals surface area (Å²) in [5.74, 6) is -1.61. The fraction of sp³-hybridized carbons (Fsp3) is 0.174. The van der Waals surface area contributed by atoms with Gasteiger partial charge in [0.25, 0.3) is 0 Å². The number of ether oxygens (including phenoxy) is 1. The summed E-state index contributed by atoms with van der Waals surface area (Å²) >= 11 is 0. The maximum Gasteiger partial charge on any atom is 0.203 e. The zero-order chi connectivity index (χ0) is 19.9. The van der Waals surface area contributed by atoms with E-state index in [1.807, 2.05) is 79.7 Å². The number of likely N-dealkylation sites (N-methyl/N-ethyl adjacent to an activating group) is 1. The molecular formula is C23H21NO4. The molecule has 0 aliphatic carbocycles. The Kier molecular flexibility index (Phi) is 4.32. The minimum absolute atomic E-state index is 0.00488. The van der Waals surface area contributed by atoms with Crippen molar-refractivity contribution in [1.82, 2.24) is 4.90 Å². The Morgan fingerprint density at radius 3 is 2.11 bits per heavy atom. The molecular weight excluding hydrogens is 354 g/mol. The largest absolute Gasteiger partial charge is 0.504 e. The Labute approximate surface area is 163 Å². The maximum atomic E-state index is 13.7. The lowest BCUT2D eigenvalue weighted by atomic mass is 9.75. The number of nitrogens with zero attached hydrogens (tertiary/aromatic N) is 1. The molecule has 5 heteroatoms. The number of aromatic hydroxyl groups is 2. The zero-order valence-electron chi connectivity index (χ0n) is 15.7. The van der Waals surface area contributed by atoms with Gasteiger partial charge < -0.3 is 14.9 Å². The van der Waals surface area contributed by atoms with E-state index in [1.54, 1.807) is 0 Å². The van der Waals surface area contributed by atoms with Crippen LogP contribution in [0.15, 0.2) is 72.8 Å². The van der Waals surface area contributed by atoms with E-state index in [9.17, 15) is 15.0 Å². The van der Waals surface area contributed by atoms with Crippen LogP contribution in [0.5, 0.6) is 17.2 Å². The fourth-order valence-corrected chi connectivity index (χ4v) is 3.94. The second kappa shape index (κ2) is 6.69. The van der Waals surface area contributed by atoms with Crippen LogP contribution in [0.1, 0.15) is 27.4 Å². The minimum atomic E-state index is -1.20. The lowest BCUT2D eigenvalue weighted by Gasteiger charge is -2.48. The second-order valence-corrected chi connectivity index (χ2v) is 7.08. The summed E-state index contributed by atoms with van der Waals surface area (Å²) in [6, 6.07) is 21.7. The minimum Gasteiger partial charge on any atom is -0.504 e. The molecule has 0 bridgehead atoms. The molecule has 2 unspecified atom stereocenters.